The van der Waals surface area contributed by atoms with E-state index in [1.165, 1.54) is 45.4 Å². The number of aromatic nitrogens is 10. The number of halogens is 2. The lowest BCUT2D eigenvalue weighted by Crippen LogP contribution is -2.41. The summed E-state index contributed by atoms with van der Waals surface area (Å²) >= 11 is 5.64. The SMILES string of the molecule is C[C@@H](n1ncn(-c2ccc(-n3cnnn3)cc2)c1=S)[C@](O)(Cn1cncn1)c1ccc(F)cc1F. The van der Waals surface area contributed by atoms with Crippen LogP contribution in [-0.2, 0) is 12.1 Å². The van der Waals surface area contributed by atoms with Crippen LogP contribution in [0.1, 0.15) is 18.5 Å². The summed E-state index contributed by atoms with van der Waals surface area (Å²) in [6.45, 7) is 1.47. The summed E-state index contributed by atoms with van der Waals surface area (Å²) in [6.07, 6.45) is 5.67. The van der Waals surface area contributed by atoms with Crippen LogP contribution in [0.25, 0.3) is 11.4 Å². The quantitative estimate of drug-likeness (QED) is 0.342. The fraction of sp³-hybridized carbons (Fsp3) is 0.190. The number of hydrogen-bond donors (Lipinski definition) is 1. The second kappa shape index (κ2) is 8.88. The molecule has 2 aromatic carbocycles. The predicted molar refractivity (Wildman–Crippen MR) is 120 cm³/mol. The first-order chi connectivity index (χ1) is 16.9. The molecule has 0 spiro atoms. The standard InChI is InChI=1S/C21H18F2N10OS/c1-14(21(34,9-30-11-24-10-26-30)18-7-2-15(22)8-19(18)23)33-20(35)31(13-27-33)16-3-5-17(6-4-16)32-12-25-28-29-32/h2-8,10-14,34H,9H2,1H3/t14-,21-/m1/s1. The molecule has 1 N–H and O–H groups in total. The first-order valence-corrected chi connectivity index (χ1v) is 10.8. The van der Waals surface area contributed by atoms with Gasteiger partial charge < -0.3 is 5.11 Å². The Morgan fingerprint density at radius 2 is 1.80 bits per heavy atom. The molecule has 0 radical (unpaired) electrons. The predicted octanol–water partition coefficient (Wildman–Crippen LogP) is 2.40. The number of nitrogens with zero attached hydrogens (tertiary/aromatic N) is 10. The lowest BCUT2D eigenvalue weighted by atomic mass is 9.86. The van der Waals surface area contributed by atoms with Gasteiger partial charge in [-0.15, -0.1) is 5.10 Å². The molecule has 0 saturated heterocycles. The van der Waals surface area contributed by atoms with Crippen LogP contribution in [0.3, 0.4) is 0 Å². The number of benzene rings is 2. The van der Waals surface area contributed by atoms with E-state index >= 15 is 0 Å². The minimum absolute atomic E-state index is 0.121. The summed E-state index contributed by atoms with van der Waals surface area (Å²) in [4.78, 5) is 3.88. The van der Waals surface area contributed by atoms with Crippen molar-refractivity contribution >= 4 is 12.2 Å². The lowest BCUT2D eigenvalue weighted by molar-refractivity contribution is -0.0375. The Hall–Kier alpha value is -4.17. The van der Waals surface area contributed by atoms with Crippen molar-refractivity contribution in [2.75, 3.05) is 0 Å². The van der Waals surface area contributed by atoms with Gasteiger partial charge in [0.05, 0.1) is 18.3 Å². The van der Waals surface area contributed by atoms with Gasteiger partial charge >= 0.3 is 0 Å². The van der Waals surface area contributed by atoms with Crippen molar-refractivity contribution in [3.63, 3.8) is 0 Å². The number of rotatable bonds is 7. The van der Waals surface area contributed by atoms with E-state index in [0.29, 0.717) is 5.69 Å². The Labute approximate surface area is 201 Å². The van der Waals surface area contributed by atoms with Gasteiger partial charge in [-0.3, -0.25) is 4.57 Å². The third kappa shape index (κ3) is 4.13. The van der Waals surface area contributed by atoms with Gasteiger partial charge in [0.1, 0.15) is 42.5 Å². The molecule has 0 aliphatic carbocycles. The van der Waals surface area contributed by atoms with Gasteiger partial charge in [0, 0.05) is 17.3 Å². The minimum atomic E-state index is -1.90. The van der Waals surface area contributed by atoms with E-state index in [2.05, 4.69) is 30.7 Å². The average Bonchev–Trinajstić information content (AvgIpc) is 3.61. The fourth-order valence-corrected chi connectivity index (χ4v) is 4.21. The maximum atomic E-state index is 14.9. The van der Waals surface area contributed by atoms with Crippen molar-refractivity contribution in [2.45, 2.75) is 25.1 Å². The minimum Gasteiger partial charge on any atom is -0.381 e. The molecule has 3 heterocycles. The molecule has 11 nitrogen and oxygen atoms in total. The first-order valence-electron chi connectivity index (χ1n) is 10.4. The molecule has 3 aromatic heterocycles. The van der Waals surface area contributed by atoms with Gasteiger partial charge in [0.2, 0.25) is 4.77 Å². The second-order valence-electron chi connectivity index (χ2n) is 7.82. The molecule has 0 fully saturated rings. The van der Waals surface area contributed by atoms with Crippen molar-refractivity contribution in [1.82, 2.24) is 49.3 Å². The summed E-state index contributed by atoms with van der Waals surface area (Å²) < 4.78 is 34.6. The van der Waals surface area contributed by atoms with Crippen LogP contribution in [0.15, 0.2) is 67.8 Å². The molecule has 0 unspecified atom stereocenters. The highest BCUT2D eigenvalue weighted by Gasteiger charge is 2.41. The Balaban J connectivity index is 1.53. The number of tetrazole rings is 1. The van der Waals surface area contributed by atoms with Crippen molar-refractivity contribution in [1.29, 1.82) is 0 Å². The van der Waals surface area contributed by atoms with Crippen LogP contribution < -0.4 is 0 Å². The lowest BCUT2D eigenvalue weighted by Gasteiger charge is -2.34. The van der Waals surface area contributed by atoms with E-state index in [9.17, 15) is 13.9 Å². The molecular weight excluding hydrogens is 478 g/mol. The van der Waals surface area contributed by atoms with Crippen molar-refractivity contribution < 1.29 is 13.9 Å². The highest BCUT2D eigenvalue weighted by atomic mass is 32.1. The third-order valence-electron chi connectivity index (χ3n) is 5.76. The smallest absolute Gasteiger partial charge is 0.202 e. The van der Waals surface area contributed by atoms with Gasteiger partial charge in [-0.25, -0.2) is 27.8 Å². The summed E-state index contributed by atoms with van der Waals surface area (Å²) in [5, 5.41) is 31.3. The van der Waals surface area contributed by atoms with Crippen LogP contribution in [0.5, 0.6) is 0 Å². The van der Waals surface area contributed by atoms with E-state index in [-0.39, 0.29) is 16.9 Å². The molecule has 35 heavy (non-hydrogen) atoms. The second-order valence-corrected chi connectivity index (χ2v) is 8.18. The molecule has 5 aromatic rings. The molecule has 0 bridgehead atoms. The highest BCUT2D eigenvalue weighted by Crippen LogP contribution is 2.36. The Morgan fingerprint density at radius 3 is 2.46 bits per heavy atom. The third-order valence-corrected chi connectivity index (χ3v) is 6.14. The first kappa shape index (κ1) is 22.6. The Bertz CT molecular complexity index is 1500. The maximum absolute atomic E-state index is 14.9. The van der Waals surface area contributed by atoms with Gasteiger partial charge in [-0.05, 0) is 59.9 Å². The normalized spacial score (nSPS) is 14.1. The van der Waals surface area contributed by atoms with Crippen LogP contribution in [0.2, 0.25) is 0 Å². The Morgan fingerprint density at radius 1 is 1.03 bits per heavy atom. The van der Waals surface area contributed by atoms with Crippen molar-refractivity contribution in [2.24, 2.45) is 0 Å². The summed E-state index contributed by atoms with van der Waals surface area (Å²) in [6, 6.07) is 9.37. The molecule has 178 valence electrons. The molecule has 14 heteroatoms. The largest absolute Gasteiger partial charge is 0.381 e. The highest BCUT2D eigenvalue weighted by molar-refractivity contribution is 7.71. The van der Waals surface area contributed by atoms with Crippen LogP contribution >= 0.6 is 12.2 Å². The molecule has 2 atom stereocenters. The molecule has 0 aliphatic rings. The van der Waals surface area contributed by atoms with E-state index in [0.717, 1.165) is 17.8 Å². The van der Waals surface area contributed by atoms with Gasteiger partial charge in [0.25, 0.3) is 0 Å². The molecule has 5 rings (SSSR count). The number of aliphatic hydroxyl groups is 1. The van der Waals surface area contributed by atoms with Gasteiger partial charge in [-0.1, -0.05) is 6.07 Å². The fourth-order valence-electron chi connectivity index (χ4n) is 3.85. The zero-order valence-corrected chi connectivity index (χ0v) is 19.0. The van der Waals surface area contributed by atoms with E-state index in [1.807, 2.05) is 24.3 Å². The van der Waals surface area contributed by atoms with Gasteiger partial charge in [-0.2, -0.15) is 10.2 Å². The summed E-state index contributed by atoms with van der Waals surface area (Å²) in [5.74, 6) is -1.66. The van der Waals surface area contributed by atoms with E-state index in [4.69, 9.17) is 12.2 Å². The average molecular weight is 497 g/mol. The van der Waals surface area contributed by atoms with Crippen LogP contribution in [0.4, 0.5) is 8.78 Å². The zero-order valence-electron chi connectivity index (χ0n) is 18.2. The van der Waals surface area contributed by atoms with Crippen molar-refractivity contribution in [3.8, 4) is 11.4 Å². The topological polar surface area (TPSA) is 117 Å². The zero-order chi connectivity index (χ0) is 24.6. The molecule has 0 amide bonds. The summed E-state index contributed by atoms with van der Waals surface area (Å²) in [5.41, 5.74) is -0.561. The summed E-state index contributed by atoms with van der Waals surface area (Å²) in [7, 11) is 0. The van der Waals surface area contributed by atoms with Crippen LogP contribution in [-0.4, -0.2) is 54.4 Å². The maximum Gasteiger partial charge on any atom is 0.202 e. The molecular formula is C21H18F2N10OS. The van der Waals surface area contributed by atoms with Crippen LogP contribution in [0, 0.1) is 16.4 Å². The monoisotopic (exact) mass is 496 g/mol. The Kier molecular flexibility index (Phi) is 5.74. The number of hydrogen-bond acceptors (Lipinski definition) is 8. The van der Waals surface area contributed by atoms with Gasteiger partial charge in [0.15, 0.2) is 0 Å². The van der Waals surface area contributed by atoms with Crippen molar-refractivity contribution in [3.05, 3.63) is 89.7 Å². The molecule has 0 saturated carbocycles. The van der Waals surface area contributed by atoms with E-state index < -0.39 is 23.3 Å². The molecule has 0 aliphatic heterocycles. The van der Waals surface area contributed by atoms with E-state index in [1.54, 1.807) is 11.5 Å².